The maximum absolute atomic E-state index is 12.1. The summed E-state index contributed by atoms with van der Waals surface area (Å²) in [6.45, 7) is 1.52. The van der Waals surface area contributed by atoms with E-state index in [-0.39, 0.29) is 12.6 Å². The molecule has 0 radical (unpaired) electrons. The van der Waals surface area contributed by atoms with E-state index in [1.54, 1.807) is 18.2 Å². The molecule has 110 valence electrons. The summed E-state index contributed by atoms with van der Waals surface area (Å²) in [6, 6.07) is 7.03. The highest BCUT2D eigenvalue weighted by molar-refractivity contribution is 7.18. The summed E-state index contributed by atoms with van der Waals surface area (Å²) in [4.78, 5) is 12.7. The highest BCUT2D eigenvalue weighted by atomic mass is 35.5. The fourth-order valence-electron chi connectivity index (χ4n) is 2.03. The van der Waals surface area contributed by atoms with E-state index >= 15 is 0 Å². The average Bonchev–Trinajstić information content (AvgIpc) is 2.90. The molecule has 3 rings (SSSR count). The molecule has 1 aliphatic heterocycles. The molecular formula is C14H12Cl2N2O2S. The first-order valence-electron chi connectivity index (χ1n) is 6.32. The Bertz CT molecular complexity index is 644. The van der Waals surface area contributed by atoms with Crippen LogP contribution in [0.5, 0.6) is 0 Å². The average molecular weight is 343 g/mol. The fraction of sp³-hybridized carbons (Fsp3) is 0.214. The molecule has 0 bridgehead atoms. The van der Waals surface area contributed by atoms with Gasteiger partial charge in [-0.2, -0.15) is 0 Å². The number of esters is 1. The van der Waals surface area contributed by atoms with E-state index in [1.165, 1.54) is 11.3 Å². The lowest BCUT2D eigenvalue weighted by Crippen LogP contribution is -2.26. The number of hydrogen-bond donors (Lipinski definition) is 2. The molecule has 0 aliphatic carbocycles. The van der Waals surface area contributed by atoms with Gasteiger partial charge in [-0.15, -0.1) is 11.3 Å². The largest absolute Gasteiger partial charge is 0.457 e. The normalized spacial score (nSPS) is 13.4. The van der Waals surface area contributed by atoms with Crippen molar-refractivity contribution >= 4 is 45.5 Å². The van der Waals surface area contributed by atoms with E-state index in [2.05, 4.69) is 10.6 Å². The number of carbonyl (C=O) groups is 1. The van der Waals surface area contributed by atoms with E-state index in [9.17, 15) is 4.79 Å². The molecule has 2 N–H and O–H groups in total. The Balaban J connectivity index is 1.70. The number of rotatable bonds is 3. The van der Waals surface area contributed by atoms with Crippen LogP contribution in [-0.2, 0) is 17.9 Å². The van der Waals surface area contributed by atoms with Gasteiger partial charge < -0.3 is 10.1 Å². The van der Waals surface area contributed by atoms with Gasteiger partial charge in [-0.3, -0.25) is 5.32 Å². The third kappa shape index (κ3) is 3.16. The summed E-state index contributed by atoms with van der Waals surface area (Å²) in [6.07, 6.45) is 0. The summed E-state index contributed by atoms with van der Waals surface area (Å²) in [5.41, 5.74) is 1.70. The second kappa shape index (κ2) is 6.23. The Labute approximate surface area is 136 Å². The lowest BCUT2D eigenvalue weighted by Gasteiger charge is -2.13. The number of halogens is 2. The van der Waals surface area contributed by atoms with Crippen LogP contribution in [0.1, 0.15) is 20.8 Å². The van der Waals surface area contributed by atoms with Crippen LogP contribution in [0.2, 0.25) is 10.0 Å². The van der Waals surface area contributed by atoms with Crippen LogP contribution in [0.3, 0.4) is 0 Å². The molecule has 0 atom stereocenters. The monoisotopic (exact) mass is 342 g/mol. The van der Waals surface area contributed by atoms with Gasteiger partial charge in [-0.05, 0) is 18.2 Å². The van der Waals surface area contributed by atoms with E-state index in [4.69, 9.17) is 27.9 Å². The highest BCUT2D eigenvalue weighted by Gasteiger charge is 2.18. The predicted octanol–water partition coefficient (Wildman–Crippen LogP) is 3.88. The Morgan fingerprint density at radius 2 is 2.10 bits per heavy atom. The number of benzene rings is 1. The zero-order valence-electron chi connectivity index (χ0n) is 10.9. The molecule has 1 aromatic heterocycles. The number of nitrogens with one attached hydrogen (secondary N) is 2. The topological polar surface area (TPSA) is 50.4 Å². The van der Waals surface area contributed by atoms with Crippen molar-refractivity contribution in [3.8, 4) is 0 Å². The van der Waals surface area contributed by atoms with Gasteiger partial charge in [0.2, 0.25) is 0 Å². The van der Waals surface area contributed by atoms with E-state index < -0.39 is 0 Å². The third-order valence-corrected chi connectivity index (χ3v) is 4.93. The van der Waals surface area contributed by atoms with E-state index in [0.29, 0.717) is 27.2 Å². The quantitative estimate of drug-likeness (QED) is 0.831. The van der Waals surface area contributed by atoms with Crippen molar-refractivity contribution in [2.24, 2.45) is 0 Å². The van der Waals surface area contributed by atoms with Crippen molar-refractivity contribution in [1.29, 1.82) is 0 Å². The van der Waals surface area contributed by atoms with Crippen LogP contribution in [0.25, 0.3) is 0 Å². The molecular weight excluding hydrogens is 331 g/mol. The summed E-state index contributed by atoms with van der Waals surface area (Å²) in [5.74, 6) is -0.368. The lowest BCUT2D eigenvalue weighted by atomic mass is 10.2. The second-order valence-electron chi connectivity index (χ2n) is 4.52. The first-order valence-corrected chi connectivity index (χ1v) is 7.89. The maximum atomic E-state index is 12.1. The minimum Gasteiger partial charge on any atom is -0.457 e. The van der Waals surface area contributed by atoms with Crippen molar-refractivity contribution in [3.63, 3.8) is 0 Å². The molecule has 4 nitrogen and oxygen atoms in total. The molecule has 2 heterocycles. The molecule has 1 aliphatic rings. The SMILES string of the molecule is O=C(OCc1c(Cl)cccc1Cl)c1cc2c(s1)NCNC2. The van der Waals surface area contributed by atoms with Gasteiger partial charge in [0.15, 0.2) is 0 Å². The van der Waals surface area contributed by atoms with Crippen LogP contribution in [0.4, 0.5) is 5.00 Å². The molecule has 0 unspecified atom stereocenters. The van der Waals surface area contributed by atoms with Crippen molar-refractivity contribution in [2.45, 2.75) is 13.2 Å². The Morgan fingerprint density at radius 3 is 2.81 bits per heavy atom. The van der Waals surface area contributed by atoms with Gasteiger partial charge in [0, 0.05) is 27.7 Å². The van der Waals surface area contributed by atoms with Crippen LogP contribution in [0.15, 0.2) is 24.3 Å². The number of ether oxygens (including phenoxy) is 1. The number of anilines is 1. The fourth-order valence-corrected chi connectivity index (χ4v) is 3.51. The first kappa shape index (κ1) is 14.7. The molecule has 2 aromatic rings. The molecule has 0 fully saturated rings. The van der Waals surface area contributed by atoms with Crippen molar-refractivity contribution in [2.75, 3.05) is 12.0 Å². The molecule has 0 saturated carbocycles. The summed E-state index contributed by atoms with van der Waals surface area (Å²) >= 11 is 13.5. The minimum absolute atomic E-state index is 0.0611. The second-order valence-corrected chi connectivity index (χ2v) is 6.39. The van der Waals surface area contributed by atoms with Crippen molar-refractivity contribution < 1.29 is 9.53 Å². The highest BCUT2D eigenvalue weighted by Crippen LogP contribution is 2.31. The van der Waals surface area contributed by atoms with Gasteiger partial charge >= 0.3 is 5.97 Å². The number of carbonyl (C=O) groups excluding carboxylic acids is 1. The van der Waals surface area contributed by atoms with Crippen molar-refractivity contribution in [3.05, 3.63) is 50.3 Å². The molecule has 0 spiro atoms. The van der Waals surface area contributed by atoms with Crippen LogP contribution in [-0.4, -0.2) is 12.6 Å². The Hall–Kier alpha value is -1.27. The van der Waals surface area contributed by atoms with E-state index in [0.717, 1.165) is 17.1 Å². The maximum Gasteiger partial charge on any atom is 0.348 e. The van der Waals surface area contributed by atoms with Gasteiger partial charge in [0.1, 0.15) is 11.5 Å². The Kier molecular flexibility index (Phi) is 4.35. The summed E-state index contributed by atoms with van der Waals surface area (Å²) in [7, 11) is 0. The van der Waals surface area contributed by atoms with Crippen molar-refractivity contribution in [1.82, 2.24) is 5.32 Å². The number of thiophene rings is 1. The third-order valence-electron chi connectivity index (χ3n) is 3.11. The van der Waals surface area contributed by atoms with Gasteiger partial charge in [0.05, 0.1) is 11.7 Å². The molecule has 21 heavy (non-hydrogen) atoms. The molecule has 7 heteroatoms. The smallest absolute Gasteiger partial charge is 0.348 e. The van der Waals surface area contributed by atoms with Crippen LogP contribution < -0.4 is 10.6 Å². The Morgan fingerprint density at radius 1 is 1.33 bits per heavy atom. The number of hydrogen-bond acceptors (Lipinski definition) is 5. The predicted molar refractivity (Wildman–Crippen MR) is 85.2 cm³/mol. The molecule has 1 aromatic carbocycles. The van der Waals surface area contributed by atoms with Gasteiger partial charge in [0.25, 0.3) is 0 Å². The van der Waals surface area contributed by atoms with Gasteiger partial charge in [-0.1, -0.05) is 29.3 Å². The van der Waals surface area contributed by atoms with Crippen LogP contribution in [0, 0.1) is 0 Å². The summed E-state index contributed by atoms with van der Waals surface area (Å²) < 4.78 is 5.31. The first-order chi connectivity index (χ1) is 10.1. The lowest BCUT2D eigenvalue weighted by molar-refractivity contribution is 0.0479. The minimum atomic E-state index is -0.368. The van der Waals surface area contributed by atoms with Crippen LogP contribution >= 0.6 is 34.5 Å². The molecule has 0 saturated heterocycles. The zero-order chi connectivity index (χ0) is 14.8. The summed E-state index contributed by atoms with van der Waals surface area (Å²) in [5, 5.41) is 8.36. The molecule has 0 amide bonds. The van der Waals surface area contributed by atoms with E-state index in [1.807, 2.05) is 6.07 Å². The standard InChI is InChI=1S/C14H12Cl2N2O2S/c15-10-2-1-3-11(16)9(10)6-20-14(19)12-4-8-5-17-7-18-13(8)21-12/h1-4,17-18H,5-7H2. The number of fused-ring (bicyclic) bond motifs is 1. The van der Waals surface area contributed by atoms with Gasteiger partial charge in [-0.25, -0.2) is 4.79 Å². The zero-order valence-corrected chi connectivity index (χ0v) is 13.2.